The van der Waals surface area contributed by atoms with E-state index in [0.717, 1.165) is 11.1 Å². The van der Waals surface area contributed by atoms with Crippen molar-refractivity contribution in [1.29, 1.82) is 0 Å². The summed E-state index contributed by atoms with van der Waals surface area (Å²) in [5.74, 6) is 0.565. The van der Waals surface area contributed by atoms with Gasteiger partial charge in [0.1, 0.15) is 0 Å². The fraction of sp³-hybridized carbons (Fsp3) is 0.308. The van der Waals surface area contributed by atoms with Crippen molar-refractivity contribution in [2.75, 3.05) is 5.75 Å². The Morgan fingerprint density at radius 2 is 2.20 bits per heavy atom. The van der Waals surface area contributed by atoms with Crippen LogP contribution in [0.4, 0.5) is 0 Å². The highest BCUT2D eigenvalue weighted by atomic mass is 32.2. The molecule has 2 aromatic rings. The molecule has 0 saturated heterocycles. The highest BCUT2D eigenvalue weighted by molar-refractivity contribution is 7.99. The molecular weight excluding hydrogens is 276 g/mol. The first-order valence-corrected chi connectivity index (χ1v) is 7.08. The van der Waals surface area contributed by atoms with E-state index in [0.29, 0.717) is 10.9 Å². The summed E-state index contributed by atoms with van der Waals surface area (Å²) in [5, 5.41) is 2.85. The van der Waals surface area contributed by atoms with Crippen LogP contribution in [-0.2, 0) is 7.05 Å². The predicted molar refractivity (Wildman–Crippen MR) is 78.9 cm³/mol. The minimum atomic E-state index is -0.783. The standard InChI is InChI=1S/C13H16N4O2S/c1-8-4-3-5-9(6-8)10(14)7-20-13-15-11(18)12(19)16-17(13)2/h3-6,10H,7,14H2,1-2H3,(H,16,19). The third kappa shape index (κ3) is 3.37. The summed E-state index contributed by atoms with van der Waals surface area (Å²) in [6, 6.07) is 7.81. The first kappa shape index (κ1) is 14.5. The van der Waals surface area contributed by atoms with Gasteiger partial charge in [-0.3, -0.25) is 19.4 Å². The van der Waals surface area contributed by atoms with Gasteiger partial charge in [0.2, 0.25) is 0 Å². The number of thioether (sulfide) groups is 1. The average Bonchev–Trinajstić information content (AvgIpc) is 2.41. The second-order valence-electron chi connectivity index (χ2n) is 4.53. The van der Waals surface area contributed by atoms with Crippen LogP contribution in [0.3, 0.4) is 0 Å². The van der Waals surface area contributed by atoms with E-state index in [4.69, 9.17) is 5.73 Å². The van der Waals surface area contributed by atoms with Crippen LogP contribution in [-0.4, -0.2) is 20.5 Å². The van der Waals surface area contributed by atoms with Crippen LogP contribution in [0.15, 0.2) is 39.0 Å². The smallest absolute Gasteiger partial charge is 0.323 e. The van der Waals surface area contributed by atoms with Gasteiger partial charge in [-0.1, -0.05) is 41.6 Å². The van der Waals surface area contributed by atoms with E-state index in [1.165, 1.54) is 16.4 Å². The lowest BCUT2D eigenvalue weighted by molar-refractivity contribution is 0.595. The fourth-order valence-corrected chi connectivity index (χ4v) is 2.66. The van der Waals surface area contributed by atoms with Gasteiger partial charge in [0.25, 0.3) is 0 Å². The zero-order valence-corrected chi connectivity index (χ0v) is 12.1. The van der Waals surface area contributed by atoms with E-state index >= 15 is 0 Å². The number of nitrogens with zero attached hydrogens (tertiary/aromatic N) is 2. The molecule has 1 aromatic heterocycles. The molecule has 3 N–H and O–H groups in total. The van der Waals surface area contributed by atoms with Crippen molar-refractivity contribution >= 4 is 11.8 Å². The van der Waals surface area contributed by atoms with Gasteiger partial charge in [0.05, 0.1) is 0 Å². The van der Waals surface area contributed by atoms with Gasteiger partial charge < -0.3 is 5.73 Å². The maximum atomic E-state index is 11.2. The molecule has 0 aliphatic rings. The maximum Gasteiger partial charge on any atom is 0.339 e. The Labute approximate surface area is 120 Å². The Kier molecular flexibility index (Phi) is 4.41. The Balaban J connectivity index is 2.11. The zero-order chi connectivity index (χ0) is 14.7. The number of aromatic amines is 1. The largest absolute Gasteiger partial charge is 0.339 e. The molecule has 106 valence electrons. The van der Waals surface area contributed by atoms with Gasteiger partial charge in [-0.25, -0.2) is 0 Å². The number of H-pyrrole nitrogens is 1. The molecule has 0 bridgehead atoms. The number of aromatic nitrogens is 3. The van der Waals surface area contributed by atoms with E-state index in [1.54, 1.807) is 7.05 Å². The van der Waals surface area contributed by atoms with Crippen molar-refractivity contribution in [3.63, 3.8) is 0 Å². The summed E-state index contributed by atoms with van der Waals surface area (Å²) in [6.07, 6.45) is 0. The molecule has 1 unspecified atom stereocenters. The minimum absolute atomic E-state index is 0.163. The first-order chi connectivity index (χ1) is 9.47. The van der Waals surface area contributed by atoms with Crippen LogP contribution < -0.4 is 16.9 Å². The lowest BCUT2D eigenvalue weighted by Gasteiger charge is -2.13. The van der Waals surface area contributed by atoms with E-state index in [2.05, 4.69) is 10.1 Å². The number of nitrogens with two attached hydrogens (primary N) is 1. The molecule has 0 aliphatic carbocycles. The fourth-order valence-electron chi connectivity index (χ4n) is 1.75. The van der Waals surface area contributed by atoms with Crippen molar-refractivity contribution in [2.24, 2.45) is 12.8 Å². The van der Waals surface area contributed by atoms with Crippen LogP contribution in [0.2, 0.25) is 0 Å². The van der Waals surface area contributed by atoms with Gasteiger partial charge in [-0.2, -0.15) is 4.98 Å². The number of nitrogens with one attached hydrogen (secondary N) is 1. The Bertz CT molecular complexity index is 723. The van der Waals surface area contributed by atoms with E-state index in [1.807, 2.05) is 31.2 Å². The molecule has 6 nitrogen and oxygen atoms in total. The van der Waals surface area contributed by atoms with Crippen LogP contribution in [0.5, 0.6) is 0 Å². The van der Waals surface area contributed by atoms with E-state index < -0.39 is 11.1 Å². The summed E-state index contributed by atoms with van der Waals surface area (Å²) in [4.78, 5) is 26.1. The molecule has 0 radical (unpaired) electrons. The Morgan fingerprint density at radius 1 is 1.45 bits per heavy atom. The van der Waals surface area contributed by atoms with Crippen LogP contribution in [0.25, 0.3) is 0 Å². The maximum absolute atomic E-state index is 11.2. The van der Waals surface area contributed by atoms with Crippen LogP contribution in [0.1, 0.15) is 17.2 Å². The third-order valence-electron chi connectivity index (χ3n) is 2.81. The molecule has 0 aliphatic heterocycles. The lowest BCUT2D eigenvalue weighted by Crippen LogP contribution is -2.34. The minimum Gasteiger partial charge on any atom is -0.323 e. The highest BCUT2D eigenvalue weighted by Crippen LogP contribution is 2.20. The SMILES string of the molecule is Cc1cccc(C(N)CSc2nc(=O)c(=O)[nH]n2C)c1. The Hall–Kier alpha value is -1.86. The highest BCUT2D eigenvalue weighted by Gasteiger charge is 2.10. The normalized spacial score (nSPS) is 12.3. The molecule has 7 heteroatoms. The van der Waals surface area contributed by atoms with Gasteiger partial charge in [-0.15, -0.1) is 0 Å². The van der Waals surface area contributed by atoms with Crippen molar-refractivity contribution in [3.8, 4) is 0 Å². The molecule has 0 saturated carbocycles. The van der Waals surface area contributed by atoms with E-state index in [9.17, 15) is 9.59 Å². The molecule has 1 heterocycles. The lowest BCUT2D eigenvalue weighted by atomic mass is 10.1. The van der Waals surface area contributed by atoms with Crippen molar-refractivity contribution in [2.45, 2.75) is 18.1 Å². The summed E-state index contributed by atoms with van der Waals surface area (Å²) in [5.41, 5.74) is 6.80. The topological polar surface area (TPSA) is 93.8 Å². The predicted octanol–water partition coefficient (Wildman–Crippen LogP) is 0.569. The molecule has 1 atom stereocenters. The Morgan fingerprint density at radius 3 is 2.90 bits per heavy atom. The monoisotopic (exact) mass is 292 g/mol. The number of benzene rings is 1. The quantitative estimate of drug-likeness (QED) is 0.634. The van der Waals surface area contributed by atoms with Gasteiger partial charge in [0, 0.05) is 18.8 Å². The summed E-state index contributed by atoms with van der Waals surface area (Å²) in [7, 11) is 1.63. The summed E-state index contributed by atoms with van der Waals surface area (Å²) < 4.78 is 1.43. The third-order valence-corrected chi connectivity index (χ3v) is 3.96. The van der Waals surface area contributed by atoms with Gasteiger partial charge >= 0.3 is 11.1 Å². The van der Waals surface area contributed by atoms with Crippen molar-refractivity contribution in [3.05, 3.63) is 56.1 Å². The molecular formula is C13H16N4O2S. The molecule has 20 heavy (non-hydrogen) atoms. The number of hydrogen-bond acceptors (Lipinski definition) is 5. The van der Waals surface area contributed by atoms with Crippen LogP contribution >= 0.6 is 11.8 Å². The second-order valence-corrected chi connectivity index (χ2v) is 5.52. The number of aryl methyl sites for hydroxylation is 2. The van der Waals surface area contributed by atoms with Gasteiger partial charge in [0.15, 0.2) is 5.16 Å². The van der Waals surface area contributed by atoms with E-state index in [-0.39, 0.29) is 6.04 Å². The molecule has 1 aromatic carbocycles. The van der Waals surface area contributed by atoms with Crippen molar-refractivity contribution < 1.29 is 0 Å². The molecule has 0 fully saturated rings. The second kappa shape index (κ2) is 6.06. The van der Waals surface area contributed by atoms with Gasteiger partial charge in [-0.05, 0) is 12.5 Å². The summed E-state index contributed by atoms with van der Waals surface area (Å²) in [6.45, 7) is 2.01. The molecule has 2 rings (SSSR count). The number of hydrogen-bond donors (Lipinski definition) is 2. The zero-order valence-electron chi connectivity index (χ0n) is 11.3. The summed E-state index contributed by atoms with van der Waals surface area (Å²) >= 11 is 1.34. The molecule has 0 amide bonds. The number of rotatable bonds is 4. The first-order valence-electron chi connectivity index (χ1n) is 6.09. The van der Waals surface area contributed by atoms with Crippen molar-refractivity contribution in [1.82, 2.24) is 14.8 Å². The average molecular weight is 292 g/mol. The van der Waals surface area contributed by atoms with Crippen LogP contribution in [0, 0.1) is 6.92 Å². The molecule has 0 spiro atoms.